The summed E-state index contributed by atoms with van der Waals surface area (Å²) in [6.07, 6.45) is 5.15. The van der Waals surface area contributed by atoms with E-state index in [9.17, 15) is 9.18 Å². The largest absolute Gasteiger partial charge is 0.457 e. The number of urea groups is 1. The summed E-state index contributed by atoms with van der Waals surface area (Å²) < 4.78 is 23.6. The zero-order valence-electron chi connectivity index (χ0n) is 18.7. The van der Waals surface area contributed by atoms with Crippen LogP contribution in [0.25, 0.3) is 11.3 Å². The summed E-state index contributed by atoms with van der Waals surface area (Å²) in [4.78, 5) is 16.7. The highest BCUT2D eigenvalue weighted by molar-refractivity contribution is 5.99. The lowest BCUT2D eigenvalue weighted by atomic mass is 10.1. The standard InChI is InChI=1S/C23H24FN7O2/c1-14(2)20-11-22(31(4)29-20)28-23(32)27-19-6-5-16(9-18(19)24)33-17-7-8-25-21(10-17)15-12-26-30(3)13-15/h5-14H,1-4H3,(H2,27,28,32). The van der Waals surface area contributed by atoms with Gasteiger partial charge in [-0.3, -0.25) is 19.7 Å². The van der Waals surface area contributed by atoms with Gasteiger partial charge in [-0.25, -0.2) is 9.18 Å². The first-order chi connectivity index (χ1) is 15.8. The van der Waals surface area contributed by atoms with Gasteiger partial charge < -0.3 is 10.1 Å². The first-order valence-electron chi connectivity index (χ1n) is 10.3. The SMILES string of the molecule is CC(C)c1cc(NC(=O)Nc2ccc(Oc3ccnc(-c4cnn(C)c4)c3)cc2F)n(C)n1. The van der Waals surface area contributed by atoms with Crippen LogP contribution in [0.1, 0.15) is 25.5 Å². The number of benzene rings is 1. The predicted octanol–water partition coefficient (Wildman–Crippen LogP) is 4.91. The van der Waals surface area contributed by atoms with Gasteiger partial charge in [0.2, 0.25) is 0 Å². The van der Waals surface area contributed by atoms with Crippen LogP contribution in [0.2, 0.25) is 0 Å². The number of hydrogen-bond acceptors (Lipinski definition) is 5. The lowest BCUT2D eigenvalue weighted by Gasteiger charge is -2.11. The summed E-state index contributed by atoms with van der Waals surface area (Å²) in [5, 5.41) is 13.7. The number of amides is 2. The highest BCUT2D eigenvalue weighted by atomic mass is 19.1. The smallest absolute Gasteiger partial charge is 0.324 e. The van der Waals surface area contributed by atoms with Gasteiger partial charge in [0.25, 0.3) is 0 Å². The van der Waals surface area contributed by atoms with Crippen molar-refractivity contribution in [2.75, 3.05) is 10.6 Å². The second kappa shape index (κ2) is 9.11. The Morgan fingerprint density at radius 3 is 2.55 bits per heavy atom. The molecule has 3 aromatic heterocycles. The highest BCUT2D eigenvalue weighted by Gasteiger charge is 2.13. The van der Waals surface area contributed by atoms with Crippen molar-refractivity contribution in [1.82, 2.24) is 24.5 Å². The third-order valence-electron chi connectivity index (χ3n) is 4.89. The summed E-state index contributed by atoms with van der Waals surface area (Å²) in [7, 11) is 3.55. The van der Waals surface area contributed by atoms with Crippen molar-refractivity contribution in [2.24, 2.45) is 14.1 Å². The number of halogens is 1. The van der Waals surface area contributed by atoms with E-state index in [4.69, 9.17) is 4.74 Å². The number of carbonyl (C=O) groups is 1. The fraction of sp³-hybridized carbons (Fsp3) is 0.217. The molecule has 0 aliphatic rings. The van der Waals surface area contributed by atoms with Crippen LogP contribution in [0, 0.1) is 5.82 Å². The van der Waals surface area contributed by atoms with Crippen LogP contribution in [0.4, 0.5) is 20.7 Å². The Kier molecular flexibility index (Phi) is 6.07. The van der Waals surface area contributed by atoms with Gasteiger partial charge in [-0.1, -0.05) is 13.8 Å². The molecule has 10 heteroatoms. The number of aromatic nitrogens is 5. The molecule has 4 rings (SSSR count). The lowest BCUT2D eigenvalue weighted by Crippen LogP contribution is -2.21. The molecule has 0 unspecified atom stereocenters. The van der Waals surface area contributed by atoms with E-state index in [0.717, 1.165) is 11.3 Å². The van der Waals surface area contributed by atoms with Crippen molar-refractivity contribution in [1.29, 1.82) is 0 Å². The van der Waals surface area contributed by atoms with Gasteiger partial charge in [0.05, 0.1) is 23.3 Å². The zero-order valence-corrected chi connectivity index (χ0v) is 18.7. The van der Waals surface area contributed by atoms with Crippen LogP contribution in [0.5, 0.6) is 11.5 Å². The number of nitrogens with zero attached hydrogens (tertiary/aromatic N) is 5. The van der Waals surface area contributed by atoms with Gasteiger partial charge in [-0.15, -0.1) is 0 Å². The molecule has 0 aliphatic carbocycles. The molecule has 1 aromatic carbocycles. The third-order valence-corrected chi connectivity index (χ3v) is 4.89. The molecule has 2 amide bonds. The van der Waals surface area contributed by atoms with Crippen LogP contribution in [0.3, 0.4) is 0 Å². The maximum Gasteiger partial charge on any atom is 0.324 e. The van der Waals surface area contributed by atoms with Crippen molar-refractivity contribution in [2.45, 2.75) is 19.8 Å². The van der Waals surface area contributed by atoms with Gasteiger partial charge in [-0.05, 0) is 24.1 Å². The van der Waals surface area contributed by atoms with Crippen molar-refractivity contribution in [3.05, 3.63) is 66.5 Å². The van der Waals surface area contributed by atoms with Gasteiger partial charge in [0, 0.05) is 50.3 Å². The average Bonchev–Trinajstić information content (AvgIpc) is 3.36. The average molecular weight is 449 g/mol. The normalized spacial score (nSPS) is 11.0. The minimum Gasteiger partial charge on any atom is -0.457 e. The Bertz CT molecular complexity index is 1300. The number of rotatable bonds is 6. The van der Waals surface area contributed by atoms with Crippen molar-refractivity contribution in [3.63, 3.8) is 0 Å². The Balaban J connectivity index is 1.42. The number of carbonyl (C=O) groups excluding carboxylic acids is 1. The van der Waals surface area contributed by atoms with E-state index in [-0.39, 0.29) is 17.4 Å². The summed E-state index contributed by atoms with van der Waals surface area (Å²) in [5.74, 6) is 0.894. The molecule has 0 saturated carbocycles. The monoisotopic (exact) mass is 449 g/mol. The Morgan fingerprint density at radius 2 is 1.88 bits per heavy atom. The summed E-state index contributed by atoms with van der Waals surface area (Å²) >= 11 is 0. The summed E-state index contributed by atoms with van der Waals surface area (Å²) in [6.45, 7) is 4.02. The van der Waals surface area contributed by atoms with E-state index in [1.54, 1.807) is 53.1 Å². The van der Waals surface area contributed by atoms with Crippen LogP contribution in [0.15, 0.2) is 55.0 Å². The number of anilines is 2. The van der Waals surface area contributed by atoms with Crippen LogP contribution < -0.4 is 15.4 Å². The van der Waals surface area contributed by atoms with Gasteiger partial charge in [0.1, 0.15) is 23.1 Å². The molecule has 0 aliphatic heterocycles. The fourth-order valence-electron chi connectivity index (χ4n) is 3.14. The molecule has 9 nitrogen and oxygen atoms in total. The zero-order chi connectivity index (χ0) is 23.5. The van der Waals surface area contributed by atoms with Gasteiger partial charge in [-0.2, -0.15) is 10.2 Å². The first kappa shape index (κ1) is 22.0. The van der Waals surface area contributed by atoms with Gasteiger partial charge in [0.15, 0.2) is 0 Å². The lowest BCUT2D eigenvalue weighted by molar-refractivity contribution is 0.262. The molecular weight excluding hydrogens is 425 g/mol. The molecule has 0 spiro atoms. The Labute approximate surface area is 190 Å². The van der Waals surface area contributed by atoms with Crippen LogP contribution in [-0.2, 0) is 14.1 Å². The Morgan fingerprint density at radius 1 is 1.09 bits per heavy atom. The van der Waals surface area contributed by atoms with Crippen molar-refractivity contribution in [3.8, 4) is 22.8 Å². The second-order valence-electron chi connectivity index (χ2n) is 7.84. The van der Waals surface area contributed by atoms with E-state index in [0.29, 0.717) is 17.3 Å². The molecule has 4 aromatic rings. The third kappa shape index (κ3) is 5.17. The molecular formula is C23H24FN7O2. The summed E-state index contributed by atoms with van der Waals surface area (Å²) in [6, 6.07) is 8.85. The molecule has 170 valence electrons. The minimum atomic E-state index is -0.628. The number of ether oxygens (including phenoxy) is 1. The maximum atomic E-state index is 14.6. The molecule has 0 atom stereocenters. The van der Waals surface area contributed by atoms with E-state index < -0.39 is 11.8 Å². The fourth-order valence-corrected chi connectivity index (χ4v) is 3.14. The van der Waals surface area contributed by atoms with E-state index in [2.05, 4.69) is 25.8 Å². The second-order valence-corrected chi connectivity index (χ2v) is 7.84. The molecule has 0 radical (unpaired) electrons. The number of hydrogen-bond donors (Lipinski definition) is 2. The van der Waals surface area contributed by atoms with Crippen molar-refractivity contribution >= 4 is 17.5 Å². The number of nitrogens with one attached hydrogen (secondary N) is 2. The first-order valence-corrected chi connectivity index (χ1v) is 10.3. The molecule has 0 bridgehead atoms. The Hall–Kier alpha value is -4.21. The van der Waals surface area contributed by atoms with Gasteiger partial charge >= 0.3 is 6.03 Å². The molecule has 2 N–H and O–H groups in total. The van der Waals surface area contributed by atoms with E-state index >= 15 is 0 Å². The van der Waals surface area contributed by atoms with E-state index in [1.165, 1.54) is 12.1 Å². The molecule has 0 saturated heterocycles. The molecule has 3 heterocycles. The van der Waals surface area contributed by atoms with E-state index in [1.807, 2.05) is 27.1 Å². The number of pyridine rings is 1. The molecule has 0 fully saturated rings. The van der Waals surface area contributed by atoms with Crippen molar-refractivity contribution < 1.29 is 13.9 Å². The topological polar surface area (TPSA) is 98.9 Å². The predicted molar refractivity (Wildman–Crippen MR) is 123 cm³/mol. The number of aryl methyl sites for hydroxylation is 2. The summed E-state index contributed by atoms with van der Waals surface area (Å²) in [5.41, 5.74) is 2.40. The van der Waals surface area contributed by atoms with Crippen LogP contribution >= 0.6 is 0 Å². The quantitative estimate of drug-likeness (QED) is 0.436. The molecule has 33 heavy (non-hydrogen) atoms. The van der Waals surface area contributed by atoms with Crippen LogP contribution in [-0.4, -0.2) is 30.6 Å². The minimum absolute atomic E-state index is 0.0249. The highest BCUT2D eigenvalue weighted by Crippen LogP contribution is 2.28. The maximum absolute atomic E-state index is 14.6.